The zero-order valence-electron chi connectivity index (χ0n) is 11.3. The highest BCUT2D eigenvalue weighted by Gasteiger charge is 2.26. The lowest BCUT2D eigenvalue weighted by molar-refractivity contribution is 0.0678. The lowest BCUT2D eigenvalue weighted by Crippen LogP contribution is -2.39. The standard InChI is InChI=1S/C15H19BrINO/c1-10-3-6-12(7-4-10)18(2)15(19)13-9-11(17)5-8-14(13)16/h5,8-10,12H,3-4,6-7H2,1-2H3. The summed E-state index contributed by atoms with van der Waals surface area (Å²) in [6, 6.07) is 6.30. The summed E-state index contributed by atoms with van der Waals surface area (Å²) in [5.74, 6) is 0.939. The van der Waals surface area contributed by atoms with Gasteiger partial charge in [0, 0.05) is 21.1 Å². The first-order valence-corrected chi connectivity index (χ1v) is 8.58. The number of hydrogen-bond donors (Lipinski definition) is 0. The van der Waals surface area contributed by atoms with Crippen LogP contribution in [0.2, 0.25) is 0 Å². The van der Waals surface area contributed by atoms with Crippen LogP contribution in [0.15, 0.2) is 22.7 Å². The van der Waals surface area contributed by atoms with Crippen molar-refractivity contribution in [3.63, 3.8) is 0 Å². The Morgan fingerprint density at radius 2 is 1.95 bits per heavy atom. The van der Waals surface area contributed by atoms with Crippen molar-refractivity contribution in [2.45, 2.75) is 38.6 Å². The molecule has 0 N–H and O–H groups in total. The number of amides is 1. The first-order chi connectivity index (χ1) is 8.99. The summed E-state index contributed by atoms with van der Waals surface area (Å²) < 4.78 is 1.98. The zero-order chi connectivity index (χ0) is 14.0. The summed E-state index contributed by atoms with van der Waals surface area (Å²) in [4.78, 5) is 14.5. The van der Waals surface area contributed by atoms with Crippen LogP contribution < -0.4 is 0 Å². The SMILES string of the molecule is CC1CCC(N(C)C(=O)c2cc(I)ccc2Br)CC1. The second-order valence-corrected chi connectivity index (χ2v) is 7.55. The van der Waals surface area contributed by atoms with Crippen molar-refractivity contribution in [1.29, 1.82) is 0 Å². The smallest absolute Gasteiger partial charge is 0.255 e. The molecule has 0 aliphatic heterocycles. The molecule has 1 saturated carbocycles. The molecular formula is C15H19BrINO. The van der Waals surface area contributed by atoms with Crippen LogP contribution >= 0.6 is 38.5 Å². The number of rotatable bonds is 2. The van der Waals surface area contributed by atoms with Crippen molar-refractivity contribution in [3.8, 4) is 0 Å². The summed E-state index contributed by atoms with van der Waals surface area (Å²) in [5, 5.41) is 0. The highest BCUT2D eigenvalue weighted by Crippen LogP contribution is 2.28. The molecule has 0 atom stereocenters. The molecule has 2 rings (SSSR count). The molecule has 0 aromatic heterocycles. The number of nitrogens with zero attached hydrogens (tertiary/aromatic N) is 1. The van der Waals surface area contributed by atoms with Crippen LogP contribution in [0.1, 0.15) is 43.0 Å². The summed E-state index contributed by atoms with van der Waals surface area (Å²) in [6.45, 7) is 2.30. The van der Waals surface area contributed by atoms with E-state index in [0.717, 1.165) is 32.4 Å². The molecule has 1 fully saturated rings. The fourth-order valence-corrected chi connectivity index (χ4v) is 3.55. The van der Waals surface area contributed by atoms with Crippen LogP contribution in [0.25, 0.3) is 0 Å². The molecule has 0 unspecified atom stereocenters. The fraction of sp³-hybridized carbons (Fsp3) is 0.533. The van der Waals surface area contributed by atoms with Crippen molar-refractivity contribution >= 4 is 44.4 Å². The van der Waals surface area contributed by atoms with Gasteiger partial charge >= 0.3 is 0 Å². The predicted molar refractivity (Wildman–Crippen MR) is 90.4 cm³/mol. The van der Waals surface area contributed by atoms with E-state index in [4.69, 9.17) is 0 Å². The monoisotopic (exact) mass is 435 g/mol. The normalized spacial score (nSPS) is 23.2. The Kier molecular flexibility index (Phi) is 5.29. The number of hydrogen-bond acceptors (Lipinski definition) is 1. The summed E-state index contributed by atoms with van der Waals surface area (Å²) in [5.41, 5.74) is 0.771. The van der Waals surface area contributed by atoms with Gasteiger partial charge in [0.25, 0.3) is 5.91 Å². The largest absolute Gasteiger partial charge is 0.339 e. The number of benzene rings is 1. The van der Waals surface area contributed by atoms with Gasteiger partial charge in [0.1, 0.15) is 0 Å². The van der Waals surface area contributed by atoms with Crippen LogP contribution in [0.5, 0.6) is 0 Å². The van der Waals surface area contributed by atoms with Crippen LogP contribution in [0.3, 0.4) is 0 Å². The fourth-order valence-electron chi connectivity index (χ4n) is 2.65. The molecule has 2 nitrogen and oxygen atoms in total. The molecule has 1 aromatic rings. The second-order valence-electron chi connectivity index (χ2n) is 5.45. The van der Waals surface area contributed by atoms with Gasteiger partial charge in [-0.05, 0) is 88.3 Å². The van der Waals surface area contributed by atoms with Crippen molar-refractivity contribution in [2.24, 2.45) is 5.92 Å². The minimum absolute atomic E-state index is 0.130. The summed E-state index contributed by atoms with van der Waals surface area (Å²) >= 11 is 5.73. The Balaban J connectivity index is 2.12. The Bertz CT molecular complexity index is 469. The van der Waals surface area contributed by atoms with Gasteiger partial charge in [-0.3, -0.25) is 4.79 Å². The van der Waals surface area contributed by atoms with E-state index in [1.165, 1.54) is 12.8 Å². The Morgan fingerprint density at radius 1 is 1.32 bits per heavy atom. The van der Waals surface area contributed by atoms with Crippen LogP contribution in [-0.2, 0) is 0 Å². The molecule has 0 saturated heterocycles. The van der Waals surface area contributed by atoms with Gasteiger partial charge in [0.15, 0.2) is 0 Å². The molecule has 4 heteroatoms. The van der Waals surface area contributed by atoms with Gasteiger partial charge in [-0.2, -0.15) is 0 Å². The number of carbonyl (C=O) groups is 1. The van der Waals surface area contributed by atoms with E-state index in [1.54, 1.807) is 0 Å². The van der Waals surface area contributed by atoms with Crippen molar-refractivity contribution in [2.75, 3.05) is 7.05 Å². The Morgan fingerprint density at radius 3 is 2.58 bits per heavy atom. The molecule has 0 spiro atoms. The minimum atomic E-state index is 0.130. The van der Waals surface area contributed by atoms with Gasteiger partial charge in [-0.1, -0.05) is 6.92 Å². The van der Waals surface area contributed by atoms with Gasteiger partial charge in [-0.25, -0.2) is 0 Å². The van der Waals surface area contributed by atoms with Crippen molar-refractivity contribution < 1.29 is 4.79 Å². The minimum Gasteiger partial charge on any atom is -0.339 e. The maximum absolute atomic E-state index is 12.6. The molecule has 1 aliphatic carbocycles. The first kappa shape index (κ1) is 15.3. The van der Waals surface area contributed by atoms with Crippen LogP contribution in [0, 0.1) is 9.49 Å². The Hall–Kier alpha value is -0.100. The molecular weight excluding hydrogens is 417 g/mol. The lowest BCUT2D eigenvalue weighted by Gasteiger charge is -2.33. The highest BCUT2D eigenvalue weighted by atomic mass is 127. The quantitative estimate of drug-likeness (QED) is 0.616. The molecule has 1 amide bonds. The van der Waals surface area contributed by atoms with E-state index in [0.29, 0.717) is 6.04 Å². The van der Waals surface area contributed by atoms with E-state index in [-0.39, 0.29) is 5.91 Å². The second kappa shape index (κ2) is 6.57. The van der Waals surface area contributed by atoms with Gasteiger partial charge in [0.2, 0.25) is 0 Å². The average Bonchev–Trinajstić information content (AvgIpc) is 2.41. The average molecular weight is 436 g/mol. The molecule has 1 aliphatic rings. The van der Waals surface area contributed by atoms with E-state index in [2.05, 4.69) is 45.4 Å². The van der Waals surface area contributed by atoms with Gasteiger partial charge in [0.05, 0.1) is 5.56 Å². The summed E-state index contributed by atoms with van der Waals surface area (Å²) in [7, 11) is 1.94. The third-order valence-electron chi connectivity index (χ3n) is 4.01. The van der Waals surface area contributed by atoms with Gasteiger partial charge in [-0.15, -0.1) is 0 Å². The third-order valence-corrected chi connectivity index (χ3v) is 5.37. The van der Waals surface area contributed by atoms with E-state index in [9.17, 15) is 4.79 Å². The van der Waals surface area contributed by atoms with Crippen LogP contribution in [0.4, 0.5) is 0 Å². The lowest BCUT2D eigenvalue weighted by atomic mass is 9.86. The van der Waals surface area contributed by atoms with Crippen molar-refractivity contribution in [1.82, 2.24) is 4.90 Å². The van der Waals surface area contributed by atoms with Crippen molar-refractivity contribution in [3.05, 3.63) is 31.8 Å². The molecule has 19 heavy (non-hydrogen) atoms. The van der Waals surface area contributed by atoms with E-state index >= 15 is 0 Å². The summed E-state index contributed by atoms with van der Waals surface area (Å²) in [6.07, 6.45) is 4.72. The molecule has 0 heterocycles. The molecule has 104 valence electrons. The molecule has 0 bridgehead atoms. The number of halogens is 2. The number of carbonyl (C=O) groups excluding carboxylic acids is 1. The first-order valence-electron chi connectivity index (χ1n) is 6.71. The maximum atomic E-state index is 12.6. The zero-order valence-corrected chi connectivity index (χ0v) is 15.1. The Labute approximate surface area is 137 Å². The molecule has 0 radical (unpaired) electrons. The topological polar surface area (TPSA) is 20.3 Å². The highest BCUT2D eigenvalue weighted by molar-refractivity contribution is 14.1. The third kappa shape index (κ3) is 3.72. The van der Waals surface area contributed by atoms with E-state index < -0.39 is 0 Å². The maximum Gasteiger partial charge on any atom is 0.255 e. The predicted octanol–water partition coefficient (Wildman–Crippen LogP) is 4.70. The van der Waals surface area contributed by atoms with Crippen LogP contribution in [-0.4, -0.2) is 23.9 Å². The van der Waals surface area contributed by atoms with Gasteiger partial charge < -0.3 is 4.90 Å². The van der Waals surface area contributed by atoms with E-state index in [1.807, 2.05) is 30.1 Å². The molecule has 1 aromatic carbocycles.